The molecule has 1 saturated carbocycles. The van der Waals surface area contributed by atoms with Gasteiger partial charge in [-0.2, -0.15) is 0 Å². The van der Waals surface area contributed by atoms with Crippen LogP contribution >= 0.6 is 0 Å². The maximum atomic E-state index is 12.1. The van der Waals surface area contributed by atoms with Crippen LogP contribution in [0.15, 0.2) is 29.2 Å². The van der Waals surface area contributed by atoms with Gasteiger partial charge in [0, 0.05) is 22.3 Å². The standard InChI is InChI=1S/C10H12N2O3S/c11-16(15,9-2-1-3-9)10-6-4-8(5-7-10)12(13)14/h4-7,9,11H,1-3H2. The zero-order chi connectivity index (χ0) is 11.8. The maximum absolute atomic E-state index is 12.1. The van der Waals surface area contributed by atoms with Gasteiger partial charge in [-0.25, -0.2) is 8.99 Å². The van der Waals surface area contributed by atoms with Crippen molar-refractivity contribution in [3.05, 3.63) is 34.4 Å². The van der Waals surface area contributed by atoms with E-state index >= 15 is 0 Å². The first-order chi connectivity index (χ1) is 7.51. The summed E-state index contributed by atoms with van der Waals surface area (Å²) in [7, 11) is -2.77. The normalized spacial score (nSPS) is 19.8. The molecule has 0 radical (unpaired) electrons. The fourth-order valence-electron chi connectivity index (χ4n) is 1.67. The fourth-order valence-corrected chi connectivity index (χ4v) is 3.59. The van der Waals surface area contributed by atoms with E-state index < -0.39 is 14.7 Å². The van der Waals surface area contributed by atoms with Crippen molar-refractivity contribution < 1.29 is 9.13 Å². The van der Waals surface area contributed by atoms with Gasteiger partial charge < -0.3 is 0 Å². The zero-order valence-corrected chi connectivity index (χ0v) is 9.40. The van der Waals surface area contributed by atoms with Gasteiger partial charge in [0.15, 0.2) is 0 Å². The fraction of sp³-hybridized carbons (Fsp3) is 0.400. The Bertz CT molecular complexity index is 503. The molecule has 0 amide bonds. The highest BCUT2D eigenvalue weighted by atomic mass is 32.2. The molecule has 1 unspecified atom stereocenters. The van der Waals surface area contributed by atoms with Crippen LogP contribution in [0.25, 0.3) is 0 Å². The van der Waals surface area contributed by atoms with Crippen molar-refractivity contribution in [2.45, 2.75) is 29.4 Å². The second kappa shape index (κ2) is 3.86. The van der Waals surface area contributed by atoms with Gasteiger partial charge in [-0.05, 0) is 25.0 Å². The molecule has 0 saturated heterocycles. The van der Waals surface area contributed by atoms with Crippen molar-refractivity contribution in [3.63, 3.8) is 0 Å². The predicted molar refractivity (Wildman–Crippen MR) is 59.9 cm³/mol. The molecule has 1 N–H and O–H groups in total. The third kappa shape index (κ3) is 1.80. The summed E-state index contributed by atoms with van der Waals surface area (Å²) in [5.41, 5.74) is -0.0347. The summed E-state index contributed by atoms with van der Waals surface area (Å²) in [5, 5.41) is 10.4. The first-order valence-corrected chi connectivity index (χ1v) is 6.66. The molecule has 0 heterocycles. The molecule has 1 fully saturated rings. The van der Waals surface area contributed by atoms with E-state index in [1.807, 2.05) is 0 Å². The number of nitro benzene ring substituents is 1. The van der Waals surface area contributed by atoms with Crippen molar-refractivity contribution >= 4 is 15.4 Å². The van der Waals surface area contributed by atoms with E-state index in [1.54, 1.807) is 0 Å². The summed E-state index contributed by atoms with van der Waals surface area (Å²) in [6, 6.07) is 5.49. The van der Waals surface area contributed by atoms with E-state index in [-0.39, 0.29) is 10.9 Å². The van der Waals surface area contributed by atoms with E-state index in [4.69, 9.17) is 4.78 Å². The van der Waals surface area contributed by atoms with Crippen molar-refractivity contribution in [3.8, 4) is 0 Å². The highest BCUT2D eigenvalue weighted by Crippen LogP contribution is 2.32. The smallest absolute Gasteiger partial charge is 0.258 e. The maximum Gasteiger partial charge on any atom is 0.269 e. The molecule has 6 heteroatoms. The molecule has 16 heavy (non-hydrogen) atoms. The summed E-state index contributed by atoms with van der Waals surface area (Å²) < 4.78 is 20.0. The quantitative estimate of drug-likeness (QED) is 0.650. The molecule has 86 valence electrons. The van der Waals surface area contributed by atoms with Crippen LogP contribution in [-0.2, 0) is 9.73 Å². The van der Waals surface area contributed by atoms with Gasteiger partial charge in [0.25, 0.3) is 5.69 Å². The number of rotatable bonds is 3. The second-order valence-corrected chi connectivity index (χ2v) is 6.24. The molecule has 1 aliphatic rings. The summed E-state index contributed by atoms with van der Waals surface area (Å²) >= 11 is 0. The van der Waals surface area contributed by atoms with Crippen molar-refractivity contribution in [2.24, 2.45) is 0 Å². The summed E-state index contributed by atoms with van der Waals surface area (Å²) in [5.74, 6) is 0. The lowest BCUT2D eigenvalue weighted by molar-refractivity contribution is -0.384. The van der Waals surface area contributed by atoms with Gasteiger partial charge in [0.2, 0.25) is 0 Å². The van der Waals surface area contributed by atoms with E-state index in [9.17, 15) is 14.3 Å². The van der Waals surface area contributed by atoms with Crippen LogP contribution in [0.2, 0.25) is 0 Å². The minimum atomic E-state index is -2.77. The molecule has 0 bridgehead atoms. The lowest BCUT2D eigenvalue weighted by atomic mass is 10.00. The Hall–Kier alpha value is -1.43. The van der Waals surface area contributed by atoms with Crippen LogP contribution in [-0.4, -0.2) is 14.4 Å². The van der Waals surface area contributed by atoms with Crippen LogP contribution in [0.5, 0.6) is 0 Å². The number of hydrogen-bond donors (Lipinski definition) is 1. The van der Waals surface area contributed by atoms with E-state index in [0.29, 0.717) is 4.90 Å². The van der Waals surface area contributed by atoms with Crippen LogP contribution in [0.4, 0.5) is 5.69 Å². The van der Waals surface area contributed by atoms with Gasteiger partial charge >= 0.3 is 0 Å². The lowest BCUT2D eigenvalue weighted by Crippen LogP contribution is -2.27. The molecule has 1 aromatic carbocycles. The molecular formula is C10H12N2O3S. The molecule has 0 spiro atoms. The largest absolute Gasteiger partial charge is 0.269 e. The first kappa shape index (κ1) is 11.1. The number of nitrogens with one attached hydrogen (secondary N) is 1. The van der Waals surface area contributed by atoms with Crippen LogP contribution in [0.3, 0.4) is 0 Å². The second-order valence-electron chi connectivity index (χ2n) is 3.90. The van der Waals surface area contributed by atoms with Crippen molar-refractivity contribution in [1.29, 1.82) is 4.78 Å². The topological polar surface area (TPSA) is 84.1 Å². The van der Waals surface area contributed by atoms with Crippen molar-refractivity contribution in [1.82, 2.24) is 0 Å². The molecule has 1 aliphatic carbocycles. The molecule has 0 aromatic heterocycles. The number of nitrogens with zero attached hydrogens (tertiary/aromatic N) is 1. The Kier molecular flexibility index (Phi) is 2.67. The lowest BCUT2D eigenvalue weighted by Gasteiger charge is -2.27. The van der Waals surface area contributed by atoms with Gasteiger partial charge in [-0.1, -0.05) is 6.42 Å². The Balaban J connectivity index is 2.31. The predicted octanol–water partition coefficient (Wildman–Crippen LogP) is 2.55. The van der Waals surface area contributed by atoms with E-state index in [1.165, 1.54) is 24.3 Å². The Morgan fingerprint density at radius 3 is 2.25 bits per heavy atom. The summed E-state index contributed by atoms with van der Waals surface area (Å²) in [6.07, 6.45) is 2.66. The third-order valence-corrected chi connectivity index (χ3v) is 5.30. The average Bonchev–Trinajstić information content (AvgIpc) is 2.14. The minimum Gasteiger partial charge on any atom is -0.258 e. The van der Waals surface area contributed by atoms with Crippen LogP contribution < -0.4 is 0 Å². The molecule has 0 aliphatic heterocycles. The molecule has 1 atom stereocenters. The van der Waals surface area contributed by atoms with Gasteiger partial charge in [0.05, 0.1) is 14.7 Å². The van der Waals surface area contributed by atoms with Crippen molar-refractivity contribution in [2.75, 3.05) is 0 Å². The average molecular weight is 240 g/mol. The van der Waals surface area contributed by atoms with Crippen LogP contribution in [0, 0.1) is 14.9 Å². The third-order valence-electron chi connectivity index (χ3n) is 2.92. The van der Waals surface area contributed by atoms with Crippen LogP contribution in [0.1, 0.15) is 19.3 Å². The number of hydrogen-bond acceptors (Lipinski definition) is 4. The molecule has 2 rings (SSSR count). The molecular weight excluding hydrogens is 228 g/mol. The Labute approximate surface area is 93.6 Å². The summed E-state index contributed by atoms with van der Waals surface area (Å²) in [4.78, 5) is 10.4. The van der Waals surface area contributed by atoms with E-state index in [2.05, 4.69) is 0 Å². The SMILES string of the molecule is N=S(=O)(c1ccc([N+](=O)[O-])cc1)C1CCC1. The van der Waals surface area contributed by atoms with Gasteiger partial charge in [-0.15, -0.1) is 0 Å². The van der Waals surface area contributed by atoms with Gasteiger partial charge in [0.1, 0.15) is 0 Å². The Morgan fingerprint density at radius 1 is 1.31 bits per heavy atom. The molecule has 5 nitrogen and oxygen atoms in total. The highest BCUT2D eigenvalue weighted by molar-refractivity contribution is 7.93. The minimum absolute atomic E-state index is 0.0347. The van der Waals surface area contributed by atoms with E-state index in [0.717, 1.165) is 19.3 Å². The monoisotopic (exact) mass is 240 g/mol. The number of non-ortho nitro benzene ring substituents is 1. The number of benzene rings is 1. The zero-order valence-electron chi connectivity index (χ0n) is 8.59. The van der Waals surface area contributed by atoms with Gasteiger partial charge in [-0.3, -0.25) is 10.1 Å². The summed E-state index contributed by atoms with van der Waals surface area (Å²) in [6.45, 7) is 0. The molecule has 1 aromatic rings. The first-order valence-electron chi connectivity index (χ1n) is 5.04. The highest BCUT2D eigenvalue weighted by Gasteiger charge is 2.29. The Morgan fingerprint density at radius 2 is 1.88 bits per heavy atom. The number of nitro groups is 1.